The first-order valence-electron chi connectivity index (χ1n) is 11.4. The molecule has 7 rings (SSSR count). The normalized spacial score (nSPS) is 21.4. The number of thiazole rings is 1. The predicted octanol–water partition coefficient (Wildman–Crippen LogP) is 7.41. The first-order valence-corrected chi connectivity index (χ1v) is 12.2. The van der Waals surface area contributed by atoms with Gasteiger partial charge in [-0.05, 0) is 60.7 Å². The van der Waals surface area contributed by atoms with E-state index >= 15 is 0 Å². The number of fused-ring (bicyclic) bond motifs is 3. The number of rotatable bonds is 4. The fraction of sp³-hybridized carbons (Fsp3) is 0.259. The number of hydrogen-bond acceptors (Lipinski definition) is 5. The molecule has 178 valence electrons. The number of carbonyl (C=O) groups excluding carboxylic acids is 1. The summed E-state index contributed by atoms with van der Waals surface area (Å²) in [5.41, 5.74) is 3.69. The van der Waals surface area contributed by atoms with Gasteiger partial charge < -0.3 is 9.84 Å². The largest absolute Gasteiger partial charge is 0.511 e. The summed E-state index contributed by atoms with van der Waals surface area (Å²) in [7, 11) is 0. The molecule has 1 heterocycles. The van der Waals surface area contributed by atoms with E-state index in [1.54, 1.807) is 12.1 Å². The maximum Gasteiger partial charge on any atom is 0.416 e. The third-order valence-corrected chi connectivity index (χ3v) is 7.95. The molecule has 0 radical (unpaired) electrons. The lowest BCUT2D eigenvalue weighted by molar-refractivity contribution is -0.137. The van der Waals surface area contributed by atoms with Crippen molar-refractivity contribution < 1.29 is 27.8 Å². The summed E-state index contributed by atoms with van der Waals surface area (Å²) >= 11 is 1.02. The van der Waals surface area contributed by atoms with Gasteiger partial charge in [0.25, 0.3) is 5.19 Å². The molecular formula is C27H20F3NO3S. The third-order valence-electron chi connectivity index (χ3n) is 7.06. The Hall–Kier alpha value is -3.39. The topological polar surface area (TPSA) is 59.4 Å². The minimum atomic E-state index is -4.43. The van der Waals surface area contributed by atoms with E-state index in [-0.39, 0.29) is 28.6 Å². The molecule has 4 aliphatic carbocycles. The lowest BCUT2D eigenvalue weighted by Gasteiger charge is -2.33. The summed E-state index contributed by atoms with van der Waals surface area (Å²) in [6.07, 6.45) is 1.94. The van der Waals surface area contributed by atoms with Crippen molar-refractivity contribution in [3.8, 4) is 10.9 Å². The van der Waals surface area contributed by atoms with Crippen LogP contribution in [0.2, 0.25) is 0 Å². The standard InChI is InChI=1S/C27H20F3NO3S/c1-2-13-7-9-17(34-26-31-19-10-8-16(27(28,29)30)11-20(19)35-26)12-18(13)23-24(32)21-14-3-4-15(6-5-14)22(21)25(23)33/h3-4,7-12,21-22,32H,2,5-6H2,1H3. The van der Waals surface area contributed by atoms with Crippen molar-refractivity contribution in [1.82, 2.24) is 4.98 Å². The zero-order valence-corrected chi connectivity index (χ0v) is 19.5. The molecule has 2 aromatic carbocycles. The van der Waals surface area contributed by atoms with Crippen molar-refractivity contribution in [3.63, 3.8) is 0 Å². The average Bonchev–Trinajstić information content (AvgIpc) is 3.37. The van der Waals surface area contributed by atoms with E-state index in [2.05, 4.69) is 4.98 Å². The van der Waals surface area contributed by atoms with Gasteiger partial charge in [-0.25, -0.2) is 4.98 Å². The van der Waals surface area contributed by atoms with Crippen LogP contribution in [-0.4, -0.2) is 15.9 Å². The van der Waals surface area contributed by atoms with E-state index in [1.807, 2.05) is 25.1 Å². The Morgan fingerprint density at radius 2 is 1.83 bits per heavy atom. The van der Waals surface area contributed by atoms with E-state index in [1.165, 1.54) is 6.07 Å². The zero-order chi connectivity index (χ0) is 24.5. The number of hydrogen-bond donors (Lipinski definition) is 1. The van der Waals surface area contributed by atoms with Gasteiger partial charge in [0.05, 0.1) is 33.2 Å². The molecule has 35 heavy (non-hydrogen) atoms. The Kier molecular flexibility index (Phi) is 4.93. The maximum atomic E-state index is 13.5. The van der Waals surface area contributed by atoms with E-state index in [4.69, 9.17) is 4.74 Å². The molecule has 4 nitrogen and oxygen atoms in total. The van der Waals surface area contributed by atoms with Crippen LogP contribution in [0.5, 0.6) is 10.9 Å². The number of benzene rings is 2. The minimum absolute atomic E-state index is 0.0735. The van der Waals surface area contributed by atoms with Gasteiger partial charge in [-0.1, -0.05) is 47.6 Å². The Labute approximate surface area is 203 Å². The highest BCUT2D eigenvalue weighted by atomic mass is 32.1. The van der Waals surface area contributed by atoms with Crippen LogP contribution < -0.4 is 4.74 Å². The second-order valence-corrected chi connectivity index (χ2v) is 9.99. The number of ketones is 1. The molecule has 2 bridgehead atoms. The lowest BCUT2D eigenvalue weighted by atomic mass is 9.70. The second-order valence-electron chi connectivity index (χ2n) is 9.00. The third kappa shape index (κ3) is 3.50. The molecule has 1 aromatic heterocycles. The van der Waals surface area contributed by atoms with Crippen LogP contribution in [-0.2, 0) is 17.4 Å². The number of nitrogens with zero attached hydrogens (tertiary/aromatic N) is 1. The van der Waals surface area contributed by atoms with Gasteiger partial charge in [0, 0.05) is 0 Å². The van der Waals surface area contributed by atoms with Gasteiger partial charge in [0.15, 0.2) is 5.78 Å². The van der Waals surface area contributed by atoms with Crippen molar-refractivity contribution in [2.75, 3.05) is 0 Å². The molecule has 0 saturated heterocycles. The lowest BCUT2D eigenvalue weighted by Crippen LogP contribution is -2.28. The molecule has 1 saturated carbocycles. The number of Topliss-reactive ketones (excluding diaryl/α,β-unsaturated/α-hetero) is 1. The summed E-state index contributed by atoms with van der Waals surface area (Å²) in [5.74, 6) is -0.178. The van der Waals surface area contributed by atoms with Crippen LogP contribution in [0.4, 0.5) is 13.2 Å². The van der Waals surface area contributed by atoms with Gasteiger partial charge in [-0.2, -0.15) is 13.2 Å². The molecule has 2 unspecified atom stereocenters. The van der Waals surface area contributed by atoms with Crippen molar-refractivity contribution >= 4 is 32.9 Å². The number of aliphatic hydroxyl groups is 1. The Morgan fingerprint density at radius 1 is 1.09 bits per heavy atom. The van der Waals surface area contributed by atoms with Crippen LogP contribution in [0.3, 0.4) is 0 Å². The monoisotopic (exact) mass is 495 g/mol. The Morgan fingerprint density at radius 3 is 2.49 bits per heavy atom. The highest BCUT2D eigenvalue weighted by Gasteiger charge is 2.49. The number of ether oxygens (including phenoxy) is 1. The number of aliphatic hydroxyl groups excluding tert-OH is 1. The molecular weight excluding hydrogens is 475 g/mol. The summed E-state index contributed by atoms with van der Waals surface area (Å²) in [6.45, 7) is 1.98. The quantitative estimate of drug-likeness (QED) is 0.409. The number of allylic oxidation sites excluding steroid dienone is 5. The summed E-state index contributed by atoms with van der Waals surface area (Å²) in [5, 5.41) is 11.4. The minimum Gasteiger partial charge on any atom is -0.511 e. The van der Waals surface area contributed by atoms with Gasteiger partial charge in [0.1, 0.15) is 11.5 Å². The van der Waals surface area contributed by atoms with Crippen LogP contribution in [0.15, 0.2) is 65.5 Å². The first-order chi connectivity index (χ1) is 16.7. The molecule has 1 N–H and O–H groups in total. The van der Waals surface area contributed by atoms with Crippen LogP contribution in [0.25, 0.3) is 15.8 Å². The number of alkyl halides is 3. The van der Waals surface area contributed by atoms with Gasteiger partial charge in [0.2, 0.25) is 0 Å². The summed E-state index contributed by atoms with van der Waals surface area (Å²) in [6, 6.07) is 8.70. The smallest absolute Gasteiger partial charge is 0.416 e. The molecule has 2 atom stereocenters. The number of aryl methyl sites for hydroxylation is 1. The number of aromatic nitrogens is 1. The van der Waals surface area contributed by atoms with Gasteiger partial charge in [-0.15, -0.1) is 0 Å². The Balaban J connectivity index is 1.37. The van der Waals surface area contributed by atoms with Gasteiger partial charge >= 0.3 is 6.18 Å². The summed E-state index contributed by atoms with van der Waals surface area (Å²) < 4.78 is 45.4. The van der Waals surface area contributed by atoms with E-state index in [0.29, 0.717) is 33.5 Å². The molecule has 3 aromatic rings. The molecule has 0 amide bonds. The van der Waals surface area contributed by atoms with Crippen LogP contribution >= 0.6 is 11.3 Å². The van der Waals surface area contributed by atoms with Crippen molar-refractivity contribution in [2.24, 2.45) is 11.8 Å². The second kappa shape index (κ2) is 7.81. The van der Waals surface area contributed by atoms with E-state index in [0.717, 1.165) is 53.0 Å². The fourth-order valence-corrected chi connectivity index (χ4v) is 6.24. The van der Waals surface area contributed by atoms with Crippen LogP contribution in [0.1, 0.15) is 36.5 Å². The van der Waals surface area contributed by atoms with E-state index < -0.39 is 11.7 Å². The van der Waals surface area contributed by atoms with E-state index in [9.17, 15) is 23.1 Å². The maximum absolute atomic E-state index is 13.5. The van der Waals surface area contributed by atoms with Crippen LogP contribution in [0, 0.1) is 11.8 Å². The molecule has 8 heteroatoms. The summed E-state index contributed by atoms with van der Waals surface area (Å²) in [4.78, 5) is 17.8. The Bertz CT molecular complexity index is 1500. The van der Waals surface area contributed by atoms with Crippen molar-refractivity contribution in [3.05, 3.63) is 82.1 Å². The molecule has 1 fully saturated rings. The van der Waals surface area contributed by atoms with Crippen molar-refractivity contribution in [1.29, 1.82) is 0 Å². The zero-order valence-electron chi connectivity index (χ0n) is 18.6. The van der Waals surface area contributed by atoms with Gasteiger partial charge in [-0.3, -0.25) is 4.79 Å². The highest BCUT2D eigenvalue weighted by Crippen LogP contribution is 2.53. The predicted molar refractivity (Wildman–Crippen MR) is 127 cm³/mol. The highest BCUT2D eigenvalue weighted by molar-refractivity contribution is 7.20. The molecule has 0 spiro atoms. The number of carbonyl (C=O) groups is 1. The molecule has 4 aliphatic rings. The number of halogens is 3. The first kappa shape index (κ1) is 22.1. The SMILES string of the molecule is CCc1ccc(Oc2nc3ccc(C(F)(F)F)cc3s2)cc1C1=C(O)C2C3=CC=C(CC3)C2C1=O. The van der Waals surface area contributed by atoms with Crippen molar-refractivity contribution in [2.45, 2.75) is 32.4 Å². The fourth-order valence-electron chi connectivity index (χ4n) is 5.36. The molecule has 0 aliphatic heterocycles. The average molecular weight is 496 g/mol.